The van der Waals surface area contributed by atoms with Gasteiger partial charge in [-0.3, -0.25) is 0 Å². The van der Waals surface area contributed by atoms with E-state index in [1.54, 1.807) is 0 Å². The summed E-state index contributed by atoms with van der Waals surface area (Å²) >= 11 is 0. The van der Waals surface area contributed by atoms with Crippen LogP contribution in [0.3, 0.4) is 0 Å². The van der Waals surface area contributed by atoms with Crippen LogP contribution >= 0.6 is 0 Å². The van der Waals surface area contributed by atoms with Crippen LogP contribution < -0.4 is 4.74 Å². The van der Waals surface area contributed by atoms with Crippen LogP contribution in [0.5, 0.6) is 11.5 Å². The van der Waals surface area contributed by atoms with Crippen molar-refractivity contribution in [3.63, 3.8) is 0 Å². The number of aromatic hydroxyl groups is 1. The third-order valence-corrected chi connectivity index (χ3v) is 6.10. The molecule has 3 rings (SSSR count). The van der Waals surface area contributed by atoms with E-state index in [0.717, 1.165) is 43.4 Å². The number of ether oxygens (including phenoxy) is 1. The molecule has 24 heavy (non-hydrogen) atoms. The fraction of sp³-hybridized carbons (Fsp3) is 0.714. The molecule has 1 saturated carbocycles. The Bertz CT molecular complexity index is 579. The standard InChI is InChI=1S/C21H32O3/c1-4-5-6-7-14-11-18(23)20-16-10-15(13-22)8-9-17(16)21(2,3)24-19(20)12-14/h11-12,15-17,22-23H,4-10,13H2,1-3H3/t15?,16-,17?/m1/s1. The monoisotopic (exact) mass is 332 g/mol. The van der Waals surface area contributed by atoms with E-state index in [4.69, 9.17) is 4.74 Å². The molecule has 1 aliphatic carbocycles. The summed E-state index contributed by atoms with van der Waals surface area (Å²) in [6, 6.07) is 4.08. The molecular weight excluding hydrogens is 300 g/mol. The van der Waals surface area contributed by atoms with Crippen LogP contribution in [-0.2, 0) is 6.42 Å². The summed E-state index contributed by atoms with van der Waals surface area (Å²) in [6.45, 7) is 6.80. The van der Waals surface area contributed by atoms with Crippen LogP contribution in [0.4, 0.5) is 0 Å². The highest BCUT2D eigenvalue weighted by molar-refractivity contribution is 5.52. The molecule has 0 radical (unpaired) electrons. The summed E-state index contributed by atoms with van der Waals surface area (Å²) in [7, 11) is 0. The van der Waals surface area contributed by atoms with E-state index < -0.39 is 0 Å². The fourth-order valence-electron chi connectivity index (χ4n) is 4.78. The van der Waals surface area contributed by atoms with Gasteiger partial charge in [-0.15, -0.1) is 0 Å². The van der Waals surface area contributed by atoms with E-state index in [-0.39, 0.29) is 12.2 Å². The van der Waals surface area contributed by atoms with E-state index in [0.29, 0.717) is 23.5 Å². The molecular formula is C21H32O3. The second kappa shape index (κ2) is 6.95. The Morgan fingerprint density at radius 3 is 2.71 bits per heavy atom. The van der Waals surface area contributed by atoms with Crippen molar-refractivity contribution in [1.82, 2.24) is 0 Å². The SMILES string of the molecule is CCCCCc1cc(O)c2c(c1)OC(C)(C)C1CCC(CO)C[C@@H]21. The van der Waals surface area contributed by atoms with Crippen molar-refractivity contribution in [1.29, 1.82) is 0 Å². The molecule has 0 amide bonds. The minimum Gasteiger partial charge on any atom is -0.508 e. The first-order valence-electron chi connectivity index (χ1n) is 9.62. The molecule has 1 aromatic rings. The number of phenols is 1. The maximum atomic E-state index is 10.7. The zero-order valence-corrected chi connectivity index (χ0v) is 15.3. The lowest BCUT2D eigenvalue weighted by atomic mass is 9.64. The highest BCUT2D eigenvalue weighted by Crippen LogP contribution is 2.55. The molecule has 0 saturated heterocycles. The third kappa shape index (κ3) is 3.28. The number of hydrogen-bond donors (Lipinski definition) is 2. The molecule has 134 valence electrons. The summed E-state index contributed by atoms with van der Waals surface area (Å²) < 4.78 is 6.36. The van der Waals surface area contributed by atoms with Gasteiger partial charge in [-0.1, -0.05) is 19.8 Å². The molecule has 0 bridgehead atoms. The second-order valence-corrected chi connectivity index (χ2v) is 8.26. The molecule has 0 aromatic heterocycles. The molecule has 2 unspecified atom stereocenters. The van der Waals surface area contributed by atoms with Crippen molar-refractivity contribution < 1.29 is 14.9 Å². The lowest BCUT2D eigenvalue weighted by molar-refractivity contribution is -0.0210. The van der Waals surface area contributed by atoms with Gasteiger partial charge < -0.3 is 14.9 Å². The Balaban J connectivity index is 1.93. The summed E-state index contributed by atoms with van der Waals surface area (Å²) in [4.78, 5) is 0. The average molecular weight is 332 g/mol. The van der Waals surface area contributed by atoms with Gasteiger partial charge in [0.25, 0.3) is 0 Å². The summed E-state index contributed by atoms with van der Waals surface area (Å²) in [6.07, 6.45) is 7.61. The van der Waals surface area contributed by atoms with Crippen molar-refractivity contribution in [3.05, 3.63) is 23.3 Å². The highest BCUT2D eigenvalue weighted by atomic mass is 16.5. The maximum Gasteiger partial charge on any atom is 0.127 e. The first kappa shape index (κ1) is 17.6. The van der Waals surface area contributed by atoms with Crippen molar-refractivity contribution in [2.45, 2.75) is 77.2 Å². The number of aliphatic hydroxyl groups is 1. The number of fused-ring (bicyclic) bond motifs is 3. The lowest BCUT2D eigenvalue weighted by Crippen LogP contribution is -2.47. The van der Waals surface area contributed by atoms with Gasteiger partial charge in [-0.05, 0) is 75.5 Å². The molecule has 2 aliphatic rings. The van der Waals surface area contributed by atoms with Gasteiger partial charge in [-0.2, -0.15) is 0 Å². The van der Waals surface area contributed by atoms with Gasteiger partial charge in [0, 0.05) is 18.1 Å². The summed E-state index contributed by atoms with van der Waals surface area (Å²) in [5.74, 6) is 2.30. The largest absolute Gasteiger partial charge is 0.508 e. The average Bonchev–Trinajstić information content (AvgIpc) is 2.53. The number of benzene rings is 1. The predicted molar refractivity (Wildman–Crippen MR) is 96.7 cm³/mol. The first-order valence-corrected chi connectivity index (χ1v) is 9.62. The van der Waals surface area contributed by atoms with Crippen LogP contribution in [0.25, 0.3) is 0 Å². The van der Waals surface area contributed by atoms with E-state index >= 15 is 0 Å². The van der Waals surface area contributed by atoms with Gasteiger partial charge in [0.05, 0.1) is 0 Å². The van der Waals surface area contributed by atoms with E-state index in [2.05, 4.69) is 26.8 Å². The van der Waals surface area contributed by atoms with Gasteiger partial charge in [0.15, 0.2) is 0 Å². The lowest BCUT2D eigenvalue weighted by Gasteiger charge is -2.49. The van der Waals surface area contributed by atoms with Crippen molar-refractivity contribution in [2.75, 3.05) is 6.61 Å². The molecule has 1 aromatic carbocycles. The molecule has 1 heterocycles. The number of unbranched alkanes of at least 4 members (excludes halogenated alkanes) is 2. The van der Waals surface area contributed by atoms with Crippen LogP contribution in [0, 0.1) is 11.8 Å². The molecule has 1 aliphatic heterocycles. The Hall–Kier alpha value is -1.22. The molecule has 2 N–H and O–H groups in total. The van der Waals surface area contributed by atoms with E-state index in [1.165, 1.54) is 18.4 Å². The van der Waals surface area contributed by atoms with Crippen molar-refractivity contribution >= 4 is 0 Å². The van der Waals surface area contributed by atoms with Gasteiger partial charge in [0.2, 0.25) is 0 Å². The minimum absolute atomic E-state index is 0.216. The summed E-state index contributed by atoms with van der Waals surface area (Å²) in [5.41, 5.74) is 1.94. The Labute approximate surface area is 146 Å². The van der Waals surface area contributed by atoms with E-state index in [9.17, 15) is 10.2 Å². The van der Waals surface area contributed by atoms with Crippen LogP contribution in [0.2, 0.25) is 0 Å². The van der Waals surface area contributed by atoms with Gasteiger partial charge in [0.1, 0.15) is 17.1 Å². The Morgan fingerprint density at radius 2 is 2.00 bits per heavy atom. The molecule has 1 fully saturated rings. The Kier molecular flexibility index (Phi) is 5.10. The number of hydrogen-bond acceptors (Lipinski definition) is 3. The quantitative estimate of drug-likeness (QED) is 0.762. The minimum atomic E-state index is -0.216. The zero-order chi connectivity index (χ0) is 17.3. The highest BCUT2D eigenvalue weighted by Gasteiger charge is 2.47. The van der Waals surface area contributed by atoms with Crippen LogP contribution in [-0.4, -0.2) is 22.4 Å². The molecule has 3 nitrogen and oxygen atoms in total. The number of aryl methyl sites for hydroxylation is 1. The van der Waals surface area contributed by atoms with Crippen LogP contribution in [0.1, 0.15) is 76.3 Å². The smallest absolute Gasteiger partial charge is 0.127 e. The normalized spacial score (nSPS) is 27.9. The molecule has 0 spiro atoms. The number of aliphatic hydroxyl groups excluding tert-OH is 1. The zero-order valence-electron chi connectivity index (χ0n) is 15.3. The van der Waals surface area contributed by atoms with Gasteiger partial charge >= 0.3 is 0 Å². The summed E-state index contributed by atoms with van der Waals surface area (Å²) in [5, 5.41) is 20.3. The van der Waals surface area contributed by atoms with Gasteiger partial charge in [-0.25, -0.2) is 0 Å². The Morgan fingerprint density at radius 1 is 1.21 bits per heavy atom. The van der Waals surface area contributed by atoms with Crippen molar-refractivity contribution in [2.24, 2.45) is 11.8 Å². The molecule has 3 heteroatoms. The maximum absolute atomic E-state index is 10.7. The van der Waals surface area contributed by atoms with Crippen molar-refractivity contribution in [3.8, 4) is 11.5 Å². The first-order chi connectivity index (χ1) is 11.5. The number of rotatable bonds is 5. The third-order valence-electron chi connectivity index (χ3n) is 6.10. The topological polar surface area (TPSA) is 49.7 Å². The predicted octanol–water partition coefficient (Wildman–Crippen LogP) is 4.79. The van der Waals surface area contributed by atoms with E-state index in [1.807, 2.05) is 6.07 Å². The second-order valence-electron chi connectivity index (χ2n) is 8.26. The molecule has 3 atom stereocenters. The number of phenolic OH excluding ortho intramolecular Hbond substituents is 1. The van der Waals surface area contributed by atoms with Crippen LogP contribution in [0.15, 0.2) is 12.1 Å². The fourth-order valence-corrected chi connectivity index (χ4v) is 4.78.